The first-order valence-electron chi connectivity index (χ1n) is 7.45. The fourth-order valence-electron chi connectivity index (χ4n) is 2.92. The zero-order valence-corrected chi connectivity index (χ0v) is 12.2. The first kappa shape index (κ1) is 15.0. The summed E-state index contributed by atoms with van der Waals surface area (Å²) >= 11 is 0. The molecule has 0 unspecified atom stereocenters. The zero-order valence-electron chi connectivity index (χ0n) is 12.2. The average molecular weight is 307 g/mol. The highest BCUT2D eigenvalue weighted by Crippen LogP contribution is 2.33. The Labute approximate surface area is 128 Å². The molecule has 1 aromatic heterocycles. The molecule has 0 bridgehead atoms. The van der Waals surface area contributed by atoms with Crippen LogP contribution in [0.3, 0.4) is 0 Å². The monoisotopic (exact) mass is 307 g/mol. The summed E-state index contributed by atoms with van der Waals surface area (Å²) < 4.78 is 26.0. The Morgan fingerprint density at radius 3 is 2.95 bits per heavy atom. The van der Waals surface area contributed by atoms with Crippen molar-refractivity contribution in [2.75, 3.05) is 11.4 Å². The van der Waals surface area contributed by atoms with Gasteiger partial charge in [0.25, 0.3) is 6.43 Å². The number of anilines is 1. The van der Waals surface area contributed by atoms with Crippen LogP contribution in [0.1, 0.15) is 30.1 Å². The molecule has 4 nitrogen and oxygen atoms in total. The van der Waals surface area contributed by atoms with Gasteiger partial charge in [0, 0.05) is 36.1 Å². The third kappa shape index (κ3) is 3.27. The lowest BCUT2D eigenvalue weighted by molar-refractivity contribution is 0.122. The Balaban J connectivity index is 1.79. The summed E-state index contributed by atoms with van der Waals surface area (Å²) in [4.78, 5) is 2.18. The highest BCUT2D eigenvalue weighted by atomic mass is 19.3. The third-order valence-electron chi connectivity index (χ3n) is 3.93. The Bertz CT molecular complexity index is 629. The van der Waals surface area contributed by atoms with Gasteiger partial charge in [-0.1, -0.05) is 18.2 Å². The molecule has 1 atom stereocenters. The molecule has 1 aliphatic heterocycles. The van der Waals surface area contributed by atoms with Crippen LogP contribution in [0.25, 0.3) is 0 Å². The number of rotatable bonds is 4. The number of fused-ring (bicyclic) bond motifs is 1. The number of para-hydroxylation sites is 1. The summed E-state index contributed by atoms with van der Waals surface area (Å²) in [6.07, 6.45) is 2.08. The first-order valence-corrected chi connectivity index (χ1v) is 7.45. The van der Waals surface area contributed by atoms with Crippen LogP contribution in [0, 0.1) is 0 Å². The number of halogens is 2. The summed E-state index contributed by atoms with van der Waals surface area (Å²) in [5.41, 5.74) is 2.83. The van der Waals surface area contributed by atoms with E-state index in [1.165, 1.54) is 4.68 Å². The molecule has 2 aromatic rings. The lowest BCUT2D eigenvalue weighted by Crippen LogP contribution is -2.23. The van der Waals surface area contributed by atoms with Gasteiger partial charge in [0.15, 0.2) is 0 Å². The van der Waals surface area contributed by atoms with E-state index in [2.05, 4.69) is 10.00 Å². The molecule has 0 saturated carbocycles. The zero-order chi connectivity index (χ0) is 15.5. The van der Waals surface area contributed by atoms with Crippen molar-refractivity contribution in [1.82, 2.24) is 9.78 Å². The number of nitrogens with zero attached hydrogens (tertiary/aromatic N) is 3. The number of hydrogen-bond acceptors (Lipinski definition) is 3. The number of alkyl halides is 2. The molecule has 22 heavy (non-hydrogen) atoms. The third-order valence-corrected chi connectivity index (χ3v) is 3.93. The van der Waals surface area contributed by atoms with E-state index in [9.17, 15) is 13.9 Å². The van der Waals surface area contributed by atoms with Crippen LogP contribution >= 0.6 is 0 Å². The molecule has 0 spiro atoms. The van der Waals surface area contributed by atoms with Gasteiger partial charge < -0.3 is 10.0 Å². The topological polar surface area (TPSA) is 41.3 Å². The van der Waals surface area contributed by atoms with E-state index in [0.29, 0.717) is 6.54 Å². The van der Waals surface area contributed by atoms with Crippen molar-refractivity contribution in [3.63, 3.8) is 0 Å². The molecule has 6 heteroatoms. The lowest BCUT2D eigenvalue weighted by Gasteiger charge is -2.24. The quantitative estimate of drug-likeness (QED) is 0.944. The Morgan fingerprint density at radius 1 is 1.32 bits per heavy atom. The number of benzene rings is 1. The molecule has 0 radical (unpaired) electrons. The molecule has 0 aliphatic carbocycles. The van der Waals surface area contributed by atoms with Crippen LogP contribution in [0.2, 0.25) is 0 Å². The van der Waals surface area contributed by atoms with Crippen molar-refractivity contribution in [2.45, 2.75) is 38.5 Å². The van der Waals surface area contributed by atoms with Gasteiger partial charge in [-0.05, 0) is 18.9 Å². The molecular weight excluding hydrogens is 288 g/mol. The van der Waals surface area contributed by atoms with Gasteiger partial charge in [0.05, 0.1) is 12.3 Å². The van der Waals surface area contributed by atoms with Crippen LogP contribution in [0.15, 0.2) is 36.7 Å². The molecule has 3 rings (SSSR count). The SMILES string of the molecule is O[C@H]1CCCN(Cc2cnn(CC(F)F)c2)c2ccccc21. The summed E-state index contributed by atoms with van der Waals surface area (Å²) in [6, 6.07) is 7.81. The van der Waals surface area contributed by atoms with Crippen LogP contribution in [-0.2, 0) is 13.1 Å². The van der Waals surface area contributed by atoms with E-state index in [4.69, 9.17) is 0 Å². The summed E-state index contributed by atoms with van der Waals surface area (Å²) in [5, 5.41) is 14.2. The maximum Gasteiger partial charge on any atom is 0.257 e. The molecule has 0 amide bonds. The minimum absolute atomic E-state index is 0.380. The summed E-state index contributed by atoms with van der Waals surface area (Å²) in [7, 11) is 0. The molecule has 0 saturated heterocycles. The molecule has 2 heterocycles. The van der Waals surface area contributed by atoms with E-state index in [1.807, 2.05) is 24.3 Å². The fraction of sp³-hybridized carbons (Fsp3) is 0.438. The molecular formula is C16H19F2N3O. The van der Waals surface area contributed by atoms with Crippen molar-refractivity contribution >= 4 is 5.69 Å². The van der Waals surface area contributed by atoms with Crippen molar-refractivity contribution in [3.05, 3.63) is 47.8 Å². The van der Waals surface area contributed by atoms with Crippen molar-refractivity contribution < 1.29 is 13.9 Å². The van der Waals surface area contributed by atoms with Crippen LogP contribution in [0.4, 0.5) is 14.5 Å². The average Bonchev–Trinajstić information content (AvgIpc) is 2.85. The van der Waals surface area contributed by atoms with Gasteiger partial charge in [-0.3, -0.25) is 4.68 Å². The Kier molecular flexibility index (Phi) is 4.38. The van der Waals surface area contributed by atoms with Gasteiger partial charge >= 0.3 is 0 Å². The Hall–Kier alpha value is -1.95. The number of aliphatic hydroxyl groups excluding tert-OH is 1. The van der Waals surface area contributed by atoms with Crippen LogP contribution < -0.4 is 4.90 Å². The maximum absolute atomic E-state index is 12.4. The molecule has 1 N–H and O–H groups in total. The summed E-state index contributed by atoms with van der Waals surface area (Å²) in [6.45, 7) is 1.05. The van der Waals surface area contributed by atoms with Gasteiger partial charge in [0.2, 0.25) is 0 Å². The second kappa shape index (κ2) is 6.44. The predicted molar refractivity (Wildman–Crippen MR) is 79.9 cm³/mol. The lowest BCUT2D eigenvalue weighted by atomic mass is 10.0. The fourth-order valence-corrected chi connectivity index (χ4v) is 2.92. The van der Waals surface area contributed by atoms with Crippen molar-refractivity contribution in [2.24, 2.45) is 0 Å². The molecule has 118 valence electrons. The standard InChI is InChI=1S/C16H19F2N3O/c17-16(18)11-21-10-12(8-19-21)9-20-7-3-6-15(22)13-4-1-2-5-14(13)20/h1-2,4-5,8,10,15-16,22H,3,6-7,9,11H2/t15-/m0/s1. The van der Waals surface area contributed by atoms with E-state index in [1.54, 1.807) is 12.4 Å². The largest absolute Gasteiger partial charge is 0.388 e. The first-order chi connectivity index (χ1) is 10.6. The number of hydrogen-bond donors (Lipinski definition) is 1. The maximum atomic E-state index is 12.4. The van der Waals surface area contributed by atoms with Crippen LogP contribution in [0.5, 0.6) is 0 Å². The molecule has 1 aliphatic rings. The highest BCUT2D eigenvalue weighted by molar-refractivity contribution is 5.55. The summed E-state index contributed by atoms with van der Waals surface area (Å²) in [5.74, 6) is 0. The minimum atomic E-state index is -2.40. The van der Waals surface area contributed by atoms with Gasteiger partial charge in [-0.15, -0.1) is 0 Å². The van der Waals surface area contributed by atoms with Gasteiger partial charge in [0.1, 0.15) is 6.54 Å². The minimum Gasteiger partial charge on any atom is -0.388 e. The molecule has 1 aromatic carbocycles. The van der Waals surface area contributed by atoms with Gasteiger partial charge in [-0.25, -0.2) is 8.78 Å². The van der Waals surface area contributed by atoms with Crippen LogP contribution in [-0.4, -0.2) is 27.9 Å². The second-order valence-corrected chi connectivity index (χ2v) is 5.60. The second-order valence-electron chi connectivity index (χ2n) is 5.60. The van der Waals surface area contributed by atoms with Crippen molar-refractivity contribution in [1.29, 1.82) is 0 Å². The smallest absolute Gasteiger partial charge is 0.257 e. The van der Waals surface area contributed by atoms with E-state index in [0.717, 1.165) is 36.2 Å². The number of aromatic nitrogens is 2. The van der Waals surface area contributed by atoms with Gasteiger partial charge in [-0.2, -0.15) is 5.10 Å². The highest BCUT2D eigenvalue weighted by Gasteiger charge is 2.21. The van der Waals surface area contributed by atoms with E-state index < -0.39 is 12.5 Å². The normalized spacial score (nSPS) is 18.4. The predicted octanol–water partition coefficient (Wildman–Crippen LogP) is 2.98. The van der Waals surface area contributed by atoms with E-state index >= 15 is 0 Å². The Morgan fingerprint density at radius 2 is 2.14 bits per heavy atom. The number of aliphatic hydroxyl groups is 1. The molecule has 0 fully saturated rings. The van der Waals surface area contributed by atoms with E-state index in [-0.39, 0.29) is 6.54 Å². The van der Waals surface area contributed by atoms with Crippen molar-refractivity contribution in [3.8, 4) is 0 Å².